The molecule has 2 nitrogen and oxygen atoms in total. The fraction of sp³-hybridized carbons (Fsp3) is 0.917. The Morgan fingerprint density at radius 3 is 2.80 bits per heavy atom. The molecule has 0 bridgehead atoms. The van der Waals surface area contributed by atoms with Gasteiger partial charge >= 0.3 is 5.97 Å². The average Bonchev–Trinajstić information content (AvgIpc) is 2.17. The summed E-state index contributed by atoms with van der Waals surface area (Å²) in [5.74, 6) is 0.319. The molecule has 1 fully saturated rings. The highest BCUT2D eigenvalue weighted by Crippen LogP contribution is 2.42. The Morgan fingerprint density at radius 1 is 1.60 bits per heavy atom. The van der Waals surface area contributed by atoms with Crippen LogP contribution in [0.4, 0.5) is 0 Å². The highest BCUT2D eigenvalue weighted by molar-refractivity contribution is 6.26. The molecule has 0 aromatic rings. The Kier molecular flexibility index (Phi) is 4.45. The Bertz CT molecular complexity index is 228. The quantitative estimate of drug-likeness (QED) is 0.551. The van der Waals surface area contributed by atoms with Gasteiger partial charge in [-0.2, -0.15) is 0 Å². The van der Waals surface area contributed by atoms with Crippen LogP contribution >= 0.6 is 11.6 Å². The van der Waals surface area contributed by atoms with Crippen LogP contribution in [0.25, 0.3) is 0 Å². The lowest BCUT2D eigenvalue weighted by molar-refractivity contribution is -0.150. The van der Waals surface area contributed by atoms with Gasteiger partial charge in [0.1, 0.15) is 12.0 Å². The Hall–Kier alpha value is -0.240. The molecule has 0 aromatic heterocycles. The largest absolute Gasteiger partial charge is 0.461 e. The highest BCUT2D eigenvalue weighted by atomic mass is 35.5. The molecule has 0 N–H and O–H groups in total. The second-order valence-corrected chi connectivity index (χ2v) is 5.42. The van der Waals surface area contributed by atoms with Gasteiger partial charge in [-0.1, -0.05) is 20.8 Å². The molecule has 2 unspecified atom stereocenters. The van der Waals surface area contributed by atoms with Gasteiger partial charge in [0.05, 0.1) is 0 Å². The Labute approximate surface area is 97.3 Å². The average molecular weight is 233 g/mol. The van der Waals surface area contributed by atoms with Crippen LogP contribution in [-0.4, -0.2) is 18.0 Å². The van der Waals surface area contributed by atoms with Gasteiger partial charge < -0.3 is 4.74 Å². The van der Waals surface area contributed by atoms with Crippen molar-refractivity contribution in [2.24, 2.45) is 11.3 Å². The normalized spacial score (nSPS) is 31.7. The van der Waals surface area contributed by atoms with E-state index in [-0.39, 0.29) is 18.0 Å². The smallest absolute Gasteiger partial charge is 0.321 e. The molecule has 15 heavy (non-hydrogen) atoms. The summed E-state index contributed by atoms with van der Waals surface area (Å²) in [6.07, 6.45) is 4.43. The summed E-state index contributed by atoms with van der Waals surface area (Å²) >= 11 is 5.43. The van der Waals surface area contributed by atoms with E-state index in [4.69, 9.17) is 16.3 Å². The topological polar surface area (TPSA) is 26.3 Å². The first kappa shape index (κ1) is 12.8. The van der Waals surface area contributed by atoms with Crippen LogP contribution < -0.4 is 0 Å². The van der Waals surface area contributed by atoms with Crippen molar-refractivity contribution in [3.8, 4) is 0 Å². The van der Waals surface area contributed by atoms with Gasteiger partial charge in [0, 0.05) is 0 Å². The van der Waals surface area contributed by atoms with Crippen LogP contribution in [0.1, 0.15) is 46.5 Å². The molecule has 0 saturated heterocycles. The number of alkyl halides is 1. The van der Waals surface area contributed by atoms with Crippen LogP contribution in [0.3, 0.4) is 0 Å². The maximum atomic E-state index is 11.1. The molecule has 1 aliphatic carbocycles. The minimum Gasteiger partial charge on any atom is -0.461 e. The predicted octanol–water partition coefficient (Wildman–Crippen LogP) is 3.37. The van der Waals surface area contributed by atoms with Crippen molar-refractivity contribution in [2.75, 3.05) is 5.88 Å². The monoisotopic (exact) mass is 232 g/mol. The summed E-state index contributed by atoms with van der Waals surface area (Å²) in [4.78, 5) is 11.1. The summed E-state index contributed by atoms with van der Waals surface area (Å²) in [5.41, 5.74) is 0.315. The molecule has 0 spiro atoms. The van der Waals surface area contributed by atoms with E-state index in [0.29, 0.717) is 11.3 Å². The van der Waals surface area contributed by atoms with Crippen molar-refractivity contribution in [3.05, 3.63) is 0 Å². The third-order valence-corrected chi connectivity index (χ3v) is 3.99. The van der Waals surface area contributed by atoms with E-state index in [2.05, 4.69) is 20.8 Å². The van der Waals surface area contributed by atoms with Crippen LogP contribution in [0, 0.1) is 11.3 Å². The third kappa shape index (κ3) is 3.37. The van der Waals surface area contributed by atoms with Crippen molar-refractivity contribution in [1.82, 2.24) is 0 Å². The molecule has 1 aliphatic rings. The molecule has 1 saturated carbocycles. The molecule has 0 aliphatic heterocycles. The minimum absolute atomic E-state index is 0.0328. The lowest BCUT2D eigenvalue weighted by Crippen LogP contribution is -2.35. The van der Waals surface area contributed by atoms with E-state index >= 15 is 0 Å². The third-order valence-electron chi connectivity index (χ3n) is 3.77. The molecule has 0 heterocycles. The molecular weight excluding hydrogens is 212 g/mol. The van der Waals surface area contributed by atoms with E-state index in [1.165, 1.54) is 6.42 Å². The van der Waals surface area contributed by atoms with Gasteiger partial charge in [-0.15, -0.1) is 11.6 Å². The number of halogens is 1. The second-order valence-electron chi connectivity index (χ2n) is 5.15. The number of esters is 1. The number of carbonyl (C=O) groups excluding carboxylic acids is 1. The van der Waals surface area contributed by atoms with Crippen molar-refractivity contribution in [3.63, 3.8) is 0 Å². The lowest BCUT2D eigenvalue weighted by atomic mass is 9.67. The Balaban J connectivity index is 2.52. The molecule has 0 amide bonds. The number of hydrogen-bond acceptors (Lipinski definition) is 2. The van der Waals surface area contributed by atoms with Crippen molar-refractivity contribution in [2.45, 2.75) is 52.6 Å². The maximum Gasteiger partial charge on any atom is 0.321 e. The summed E-state index contributed by atoms with van der Waals surface area (Å²) < 4.78 is 5.32. The second kappa shape index (κ2) is 5.20. The van der Waals surface area contributed by atoms with Crippen LogP contribution in [0.2, 0.25) is 0 Å². The van der Waals surface area contributed by atoms with E-state index < -0.39 is 0 Å². The number of rotatable bonds is 3. The Morgan fingerprint density at radius 2 is 2.27 bits per heavy atom. The van der Waals surface area contributed by atoms with Gasteiger partial charge in [0.15, 0.2) is 0 Å². The fourth-order valence-electron chi connectivity index (χ4n) is 2.30. The first-order valence-electron chi connectivity index (χ1n) is 5.73. The molecular formula is C12H21ClO2. The van der Waals surface area contributed by atoms with Gasteiger partial charge in [0.2, 0.25) is 0 Å². The predicted molar refractivity (Wildman–Crippen MR) is 62.0 cm³/mol. The molecule has 2 atom stereocenters. The summed E-state index contributed by atoms with van der Waals surface area (Å²) in [5, 5.41) is 0. The van der Waals surface area contributed by atoms with Crippen molar-refractivity contribution in [1.29, 1.82) is 0 Å². The maximum absolute atomic E-state index is 11.1. The molecule has 0 aromatic carbocycles. The number of ether oxygens (including phenoxy) is 1. The van der Waals surface area contributed by atoms with Gasteiger partial charge in [-0.3, -0.25) is 4.79 Å². The summed E-state index contributed by atoms with van der Waals surface area (Å²) in [6.45, 7) is 6.77. The van der Waals surface area contributed by atoms with Crippen molar-refractivity contribution < 1.29 is 9.53 Å². The van der Waals surface area contributed by atoms with Gasteiger partial charge in [-0.25, -0.2) is 0 Å². The molecule has 0 radical (unpaired) electrons. The molecule has 1 rings (SSSR count). The molecule has 3 heteroatoms. The zero-order valence-electron chi connectivity index (χ0n) is 9.88. The van der Waals surface area contributed by atoms with Crippen molar-refractivity contribution >= 4 is 17.6 Å². The van der Waals surface area contributed by atoms with E-state index in [1.54, 1.807) is 0 Å². The summed E-state index contributed by atoms with van der Waals surface area (Å²) in [6, 6.07) is 0. The first-order valence-corrected chi connectivity index (χ1v) is 6.27. The van der Waals surface area contributed by atoms with E-state index in [0.717, 1.165) is 19.3 Å². The van der Waals surface area contributed by atoms with Crippen LogP contribution in [-0.2, 0) is 9.53 Å². The first-order chi connectivity index (χ1) is 6.98. The zero-order chi connectivity index (χ0) is 11.5. The minimum atomic E-state index is -0.283. The zero-order valence-corrected chi connectivity index (χ0v) is 10.6. The van der Waals surface area contributed by atoms with E-state index in [1.807, 2.05) is 0 Å². The highest BCUT2D eigenvalue weighted by Gasteiger charge is 2.36. The standard InChI is InChI=1S/C12H21ClO2/c1-9(2)12(3)6-4-5-10(7-12)15-11(14)8-13/h9-10H,4-8H2,1-3H3. The van der Waals surface area contributed by atoms with Gasteiger partial charge in [-0.05, 0) is 37.0 Å². The lowest BCUT2D eigenvalue weighted by Gasteiger charge is -2.40. The molecule has 88 valence electrons. The summed E-state index contributed by atoms with van der Waals surface area (Å²) in [7, 11) is 0. The number of carbonyl (C=O) groups is 1. The SMILES string of the molecule is CC(C)C1(C)CCCC(OC(=O)CCl)C1. The fourth-order valence-corrected chi connectivity index (χ4v) is 2.36. The van der Waals surface area contributed by atoms with Crippen LogP contribution in [0.5, 0.6) is 0 Å². The van der Waals surface area contributed by atoms with Gasteiger partial charge in [0.25, 0.3) is 0 Å². The number of hydrogen-bond donors (Lipinski definition) is 0. The van der Waals surface area contributed by atoms with E-state index in [9.17, 15) is 4.79 Å². The van der Waals surface area contributed by atoms with Crippen LogP contribution in [0.15, 0.2) is 0 Å².